The summed E-state index contributed by atoms with van der Waals surface area (Å²) in [4.78, 5) is 49.0. The molecule has 2 atom stereocenters. The Morgan fingerprint density at radius 3 is 2.39 bits per heavy atom. The summed E-state index contributed by atoms with van der Waals surface area (Å²) >= 11 is 0. The van der Waals surface area contributed by atoms with Crippen LogP contribution in [0.5, 0.6) is 0 Å². The first kappa shape index (κ1) is 32.4. The van der Waals surface area contributed by atoms with Gasteiger partial charge >= 0.3 is 12.1 Å². The number of aromatic nitrogens is 3. The number of hydrogen-bond acceptors (Lipinski definition) is 8. The maximum absolute atomic E-state index is 14.0. The lowest BCUT2D eigenvalue weighted by Gasteiger charge is -2.26. The van der Waals surface area contributed by atoms with Crippen molar-refractivity contribution in [1.82, 2.24) is 19.5 Å². The number of nitrogens with zero attached hydrogens (tertiary/aromatic N) is 6. The van der Waals surface area contributed by atoms with Crippen molar-refractivity contribution < 1.29 is 24.2 Å². The van der Waals surface area contributed by atoms with E-state index in [4.69, 9.17) is 9.84 Å². The molecule has 0 unspecified atom stereocenters. The summed E-state index contributed by atoms with van der Waals surface area (Å²) in [5.41, 5.74) is 2.82. The van der Waals surface area contributed by atoms with Crippen molar-refractivity contribution >= 4 is 40.7 Å². The van der Waals surface area contributed by atoms with Crippen LogP contribution in [0.15, 0.2) is 66.9 Å². The highest BCUT2D eigenvalue weighted by molar-refractivity contribution is 5.97. The van der Waals surface area contributed by atoms with Gasteiger partial charge in [0.15, 0.2) is 11.4 Å². The first-order valence-corrected chi connectivity index (χ1v) is 16.9. The molecular weight excluding hydrogens is 622 g/mol. The molecule has 3 fully saturated rings. The molecule has 0 bridgehead atoms. The molecular formula is C37H43N7O5. The summed E-state index contributed by atoms with van der Waals surface area (Å²) in [5.74, 6) is -0.569. The SMILES string of the molecule is CC(C)(C)OC(=O)Nc1cc(N2CC[C@](C)(c3ccccc3)C2)cn2nc(C(=O)N3CC[C@@]4(CCN(c5cccc(C(=O)O)n5)C4)C3)cc12. The summed E-state index contributed by atoms with van der Waals surface area (Å²) in [7, 11) is 0. The number of carbonyl (C=O) groups is 3. The zero-order valence-electron chi connectivity index (χ0n) is 28.5. The van der Waals surface area contributed by atoms with Gasteiger partial charge in [-0.25, -0.2) is 19.1 Å². The molecule has 12 nitrogen and oxygen atoms in total. The number of hydrogen-bond donors (Lipinski definition) is 2. The molecule has 0 saturated carbocycles. The average Bonchev–Trinajstić information content (AvgIpc) is 3.87. The summed E-state index contributed by atoms with van der Waals surface area (Å²) in [5, 5.41) is 17.1. The fourth-order valence-corrected chi connectivity index (χ4v) is 7.58. The Hall–Kier alpha value is -5.13. The number of carboxylic acid groups (broad SMARTS) is 1. The minimum Gasteiger partial charge on any atom is -0.477 e. The first-order valence-electron chi connectivity index (χ1n) is 16.9. The lowest BCUT2D eigenvalue weighted by molar-refractivity contribution is 0.0633. The second-order valence-corrected chi connectivity index (χ2v) is 15.0. The summed E-state index contributed by atoms with van der Waals surface area (Å²) < 4.78 is 7.28. The molecule has 0 radical (unpaired) electrons. The molecule has 4 aromatic rings. The van der Waals surface area contributed by atoms with Crippen molar-refractivity contribution in [3.05, 3.63) is 83.8 Å². The van der Waals surface area contributed by atoms with Gasteiger partial charge in [-0.15, -0.1) is 0 Å². The minimum atomic E-state index is -1.05. The first-order chi connectivity index (χ1) is 23.3. The topological polar surface area (TPSA) is 133 Å². The summed E-state index contributed by atoms with van der Waals surface area (Å²) in [6, 6.07) is 19.2. The van der Waals surface area contributed by atoms with Crippen LogP contribution in [-0.2, 0) is 10.2 Å². The number of likely N-dealkylation sites (tertiary alicyclic amines) is 1. The smallest absolute Gasteiger partial charge is 0.412 e. The molecule has 3 aliphatic rings. The highest BCUT2D eigenvalue weighted by Crippen LogP contribution is 2.42. The molecule has 6 heterocycles. The van der Waals surface area contributed by atoms with E-state index in [1.54, 1.807) is 16.6 Å². The van der Waals surface area contributed by atoms with Crippen LogP contribution < -0.4 is 15.1 Å². The number of amides is 2. The number of benzene rings is 1. The number of anilines is 3. The van der Waals surface area contributed by atoms with Gasteiger partial charge in [-0.2, -0.15) is 5.10 Å². The average molecular weight is 666 g/mol. The second kappa shape index (κ2) is 12.1. The van der Waals surface area contributed by atoms with Gasteiger partial charge in [0.1, 0.15) is 11.4 Å². The molecule has 1 spiro atoms. The van der Waals surface area contributed by atoms with Crippen LogP contribution in [0.25, 0.3) is 5.52 Å². The number of nitrogens with one attached hydrogen (secondary N) is 1. The van der Waals surface area contributed by atoms with E-state index in [1.807, 2.05) is 50.1 Å². The van der Waals surface area contributed by atoms with Gasteiger partial charge in [0.05, 0.1) is 23.1 Å². The van der Waals surface area contributed by atoms with Crippen LogP contribution in [0.2, 0.25) is 0 Å². The number of carbonyl (C=O) groups excluding carboxylic acids is 2. The highest BCUT2D eigenvalue weighted by Gasteiger charge is 2.45. The van der Waals surface area contributed by atoms with E-state index in [2.05, 4.69) is 51.3 Å². The number of fused-ring (bicyclic) bond motifs is 1. The largest absolute Gasteiger partial charge is 0.477 e. The molecule has 7 rings (SSSR count). The Balaban J connectivity index is 1.13. The van der Waals surface area contributed by atoms with Crippen LogP contribution >= 0.6 is 0 Å². The number of ether oxygens (including phenoxy) is 1. The van der Waals surface area contributed by atoms with Gasteiger partial charge in [-0.05, 0) is 69.9 Å². The van der Waals surface area contributed by atoms with Crippen molar-refractivity contribution in [2.75, 3.05) is 54.4 Å². The molecule has 12 heteroatoms. The van der Waals surface area contributed by atoms with Crippen molar-refractivity contribution in [3.63, 3.8) is 0 Å². The molecule has 1 aromatic carbocycles. The normalized spacial score (nSPS) is 22.3. The molecule has 0 aliphatic carbocycles. The Bertz CT molecular complexity index is 1920. The molecule has 2 amide bonds. The quantitative estimate of drug-likeness (QED) is 0.267. The fraction of sp³-hybridized carbons (Fsp3) is 0.432. The van der Waals surface area contributed by atoms with Crippen LogP contribution in [0.4, 0.5) is 22.0 Å². The summed E-state index contributed by atoms with van der Waals surface area (Å²) in [6.07, 6.45) is 4.05. The van der Waals surface area contributed by atoms with Gasteiger partial charge in [0.25, 0.3) is 5.91 Å². The predicted octanol–water partition coefficient (Wildman–Crippen LogP) is 5.69. The van der Waals surface area contributed by atoms with Crippen LogP contribution in [0, 0.1) is 5.41 Å². The van der Waals surface area contributed by atoms with Gasteiger partial charge in [0.2, 0.25) is 0 Å². The van der Waals surface area contributed by atoms with Crippen molar-refractivity contribution in [1.29, 1.82) is 0 Å². The molecule has 49 heavy (non-hydrogen) atoms. The van der Waals surface area contributed by atoms with Crippen molar-refractivity contribution in [3.8, 4) is 0 Å². The van der Waals surface area contributed by atoms with E-state index in [9.17, 15) is 19.5 Å². The maximum atomic E-state index is 14.0. The Morgan fingerprint density at radius 2 is 1.63 bits per heavy atom. The van der Waals surface area contributed by atoms with Crippen LogP contribution in [0.3, 0.4) is 0 Å². The lowest BCUT2D eigenvalue weighted by Crippen LogP contribution is -2.34. The number of carboxylic acids is 1. The van der Waals surface area contributed by atoms with Gasteiger partial charge in [-0.1, -0.05) is 43.3 Å². The lowest BCUT2D eigenvalue weighted by atomic mass is 9.82. The van der Waals surface area contributed by atoms with E-state index in [-0.39, 0.29) is 22.4 Å². The van der Waals surface area contributed by atoms with E-state index < -0.39 is 17.7 Å². The van der Waals surface area contributed by atoms with E-state index in [0.29, 0.717) is 42.4 Å². The molecule has 3 aliphatic heterocycles. The number of aromatic carboxylic acids is 1. The zero-order valence-corrected chi connectivity index (χ0v) is 28.5. The van der Waals surface area contributed by atoms with E-state index >= 15 is 0 Å². The van der Waals surface area contributed by atoms with Crippen molar-refractivity contribution in [2.24, 2.45) is 5.41 Å². The molecule has 3 saturated heterocycles. The Kier molecular flexibility index (Phi) is 7.99. The van der Waals surface area contributed by atoms with E-state index in [0.717, 1.165) is 44.6 Å². The fourth-order valence-electron chi connectivity index (χ4n) is 7.58. The monoisotopic (exact) mass is 665 g/mol. The maximum Gasteiger partial charge on any atom is 0.412 e. The standard InChI is InChI=1S/C37H43N7O5/c1-35(2,3)49-34(48)39-28-19-26(41-16-13-36(4,22-41)25-9-6-5-7-10-25)21-44-30(28)20-29(40-44)32(45)43-18-15-37(24-43)14-17-42(23-37)31-12-8-11-27(38-31)33(46)47/h5-12,19-21H,13-18,22-24H2,1-4H3,(H,39,48)(H,46,47)/t36-,37+/m0/s1. The van der Waals surface area contributed by atoms with Crippen molar-refractivity contribution in [2.45, 2.75) is 58.0 Å². The predicted molar refractivity (Wildman–Crippen MR) is 187 cm³/mol. The minimum absolute atomic E-state index is 0.0205. The molecule has 2 N–H and O–H groups in total. The summed E-state index contributed by atoms with van der Waals surface area (Å²) in [6.45, 7) is 12.0. The zero-order chi connectivity index (χ0) is 34.6. The van der Waals surface area contributed by atoms with Gasteiger partial charge in [-0.3, -0.25) is 10.1 Å². The Labute approximate surface area is 285 Å². The third-order valence-corrected chi connectivity index (χ3v) is 10.2. The second-order valence-electron chi connectivity index (χ2n) is 15.0. The van der Waals surface area contributed by atoms with Gasteiger partial charge < -0.3 is 24.5 Å². The Morgan fingerprint density at radius 1 is 0.878 bits per heavy atom. The number of rotatable bonds is 6. The number of pyridine rings is 2. The molecule has 3 aromatic heterocycles. The van der Waals surface area contributed by atoms with E-state index in [1.165, 1.54) is 11.6 Å². The van der Waals surface area contributed by atoms with Crippen LogP contribution in [0.1, 0.15) is 73.5 Å². The third kappa shape index (κ3) is 6.51. The molecule has 256 valence electrons. The third-order valence-electron chi connectivity index (χ3n) is 10.2. The van der Waals surface area contributed by atoms with Gasteiger partial charge in [0, 0.05) is 50.1 Å². The van der Waals surface area contributed by atoms with Crippen LogP contribution in [-0.4, -0.2) is 87.4 Å². The highest BCUT2D eigenvalue weighted by atomic mass is 16.6.